The molecule has 0 nitrogen and oxygen atoms in total. The van der Waals surface area contributed by atoms with Gasteiger partial charge in [-0.05, 0) is 52.8 Å². The van der Waals surface area contributed by atoms with Crippen molar-refractivity contribution in [1.29, 1.82) is 0 Å². The molecule has 2 aromatic rings. The predicted molar refractivity (Wildman–Crippen MR) is 83.2 cm³/mol. The third-order valence-electron chi connectivity index (χ3n) is 3.61. The fraction of sp³-hybridized carbons (Fsp3) is 0.250. The summed E-state index contributed by atoms with van der Waals surface area (Å²) in [4.78, 5) is 0. The van der Waals surface area contributed by atoms with Gasteiger partial charge >= 0.3 is 12.4 Å². The SMILES string of the molecule is Cc1ccc(C(c2ccc(I)cc2)(C(F)(F)F)C(F)(F)F)cc1. The fourth-order valence-electron chi connectivity index (χ4n) is 2.49. The summed E-state index contributed by atoms with van der Waals surface area (Å²) in [5.74, 6) is 0. The van der Waals surface area contributed by atoms with Crippen molar-refractivity contribution in [3.05, 3.63) is 68.8 Å². The van der Waals surface area contributed by atoms with E-state index in [0.29, 0.717) is 9.13 Å². The van der Waals surface area contributed by atoms with Crippen molar-refractivity contribution in [2.24, 2.45) is 0 Å². The lowest BCUT2D eigenvalue weighted by molar-refractivity contribution is -0.288. The Morgan fingerprint density at radius 1 is 0.652 bits per heavy atom. The summed E-state index contributed by atoms with van der Waals surface area (Å²) in [6.07, 6.45) is -11.1. The maximum absolute atomic E-state index is 13.7. The highest BCUT2D eigenvalue weighted by Crippen LogP contribution is 2.56. The third-order valence-corrected chi connectivity index (χ3v) is 4.33. The lowest BCUT2D eigenvalue weighted by Crippen LogP contribution is -2.54. The van der Waals surface area contributed by atoms with Crippen molar-refractivity contribution in [2.75, 3.05) is 0 Å². The average Bonchev–Trinajstić information content (AvgIpc) is 2.40. The Hall–Kier alpha value is -1.25. The zero-order valence-electron chi connectivity index (χ0n) is 11.8. The number of hydrogen-bond acceptors (Lipinski definition) is 0. The lowest BCUT2D eigenvalue weighted by atomic mass is 9.73. The Morgan fingerprint density at radius 2 is 1.00 bits per heavy atom. The van der Waals surface area contributed by atoms with E-state index >= 15 is 0 Å². The van der Waals surface area contributed by atoms with Crippen LogP contribution in [0.1, 0.15) is 16.7 Å². The lowest BCUT2D eigenvalue weighted by Gasteiger charge is -2.38. The minimum atomic E-state index is -5.53. The molecule has 0 aliphatic carbocycles. The quantitative estimate of drug-likeness (QED) is 0.393. The highest BCUT2D eigenvalue weighted by atomic mass is 127. The largest absolute Gasteiger partial charge is 0.411 e. The van der Waals surface area contributed by atoms with E-state index in [-0.39, 0.29) is 0 Å². The van der Waals surface area contributed by atoms with Gasteiger partial charge in [-0.1, -0.05) is 42.0 Å². The van der Waals surface area contributed by atoms with Gasteiger partial charge < -0.3 is 0 Å². The van der Waals surface area contributed by atoms with Crippen molar-refractivity contribution in [3.8, 4) is 0 Å². The molecule has 0 saturated heterocycles. The number of rotatable bonds is 2. The summed E-state index contributed by atoms with van der Waals surface area (Å²) in [7, 11) is 0. The molecule has 0 radical (unpaired) electrons. The first-order valence-corrected chi connectivity index (χ1v) is 7.54. The first kappa shape index (κ1) is 18.1. The van der Waals surface area contributed by atoms with E-state index in [1.165, 1.54) is 24.3 Å². The highest BCUT2D eigenvalue weighted by molar-refractivity contribution is 14.1. The topological polar surface area (TPSA) is 0 Å². The molecule has 0 spiro atoms. The molecule has 0 atom stereocenters. The van der Waals surface area contributed by atoms with E-state index in [9.17, 15) is 26.3 Å². The van der Waals surface area contributed by atoms with Crippen LogP contribution in [0.3, 0.4) is 0 Å². The van der Waals surface area contributed by atoms with Crippen LogP contribution in [0.25, 0.3) is 0 Å². The number of aryl methyl sites for hydroxylation is 1. The average molecular weight is 444 g/mol. The minimum absolute atomic E-state index is 0.550. The molecule has 2 rings (SSSR count). The van der Waals surface area contributed by atoms with Gasteiger partial charge in [-0.15, -0.1) is 0 Å². The molecule has 0 aromatic heterocycles. The highest BCUT2D eigenvalue weighted by Gasteiger charge is 2.72. The second-order valence-electron chi connectivity index (χ2n) is 5.12. The van der Waals surface area contributed by atoms with Crippen LogP contribution in [-0.2, 0) is 5.41 Å². The van der Waals surface area contributed by atoms with Gasteiger partial charge in [0.05, 0.1) is 0 Å². The van der Waals surface area contributed by atoms with Crippen molar-refractivity contribution >= 4 is 22.6 Å². The van der Waals surface area contributed by atoms with Gasteiger partial charge in [-0.2, -0.15) is 26.3 Å². The van der Waals surface area contributed by atoms with Crippen LogP contribution in [0, 0.1) is 10.5 Å². The molecule has 23 heavy (non-hydrogen) atoms. The van der Waals surface area contributed by atoms with Crippen molar-refractivity contribution in [1.82, 2.24) is 0 Å². The smallest absolute Gasteiger partial charge is 0.169 e. The van der Waals surface area contributed by atoms with Crippen LogP contribution in [0.2, 0.25) is 0 Å². The molecule has 0 aliphatic rings. The van der Waals surface area contributed by atoms with E-state index < -0.39 is 28.9 Å². The number of alkyl halides is 6. The molecule has 0 unspecified atom stereocenters. The van der Waals surface area contributed by atoms with Crippen molar-refractivity contribution < 1.29 is 26.3 Å². The summed E-state index contributed by atoms with van der Waals surface area (Å²) in [6.45, 7) is 1.59. The predicted octanol–water partition coefficient (Wildman–Crippen LogP) is 6.01. The Bertz CT molecular complexity index is 606. The van der Waals surface area contributed by atoms with Crippen molar-refractivity contribution in [2.45, 2.75) is 24.7 Å². The Morgan fingerprint density at radius 3 is 1.35 bits per heavy atom. The van der Waals surface area contributed by atoms with Gasteiger partial charge in [0, 0.05) is 3.57 Å². The summed E-state index contributed by atoms with van der Waals surface area (Å²) in [6, 6.07) is 8.48. The van der Waals surface area contributed by atoms with Gasteiger partial charge in [0.1, 0.15) is 0 Å². The van der Waals surface area contributed by atoms with E-state index in [2.05, 4.69) is 0 Å². The second kappa shape index (κ2) is 5.99. The zero-order valence-corrected chi connectivity index (χ0v) is 13.9. The van der Waals surface area contributed by atoms with Gasteiger partial charge in [-0.25, -0.2) is 0 Å². The molecule has 0 bridgehead atoms. The zero-order chi connectivity index (χ0) is 17.5. The number of hydrogen-bond donors (Lipinski definition) is 0. The Balaban J connectivity index is 2.86. The molecule has 0 fully saturated rings. The van der Waals surface area contributed by atoms with E-state index in [1.807, 2.05) is 22.6 Å². The van der Waals surface area contributed by atoms with E-state index in [0.717, 1.165) is 24.3 Å². The van der Waals surface area contributed by atoms with Crippen molar-refractivity contribution in [3.63, 3.8) is 0 Å². The minimum Gasteiger partial charge on any atom is -0.169 e. The molecule has 0 amide bonds. The van der Waals surface area contributed by atoms with Gasteiger partial charge in [0.25, 0.3) is 0 Å². The molecule has 0 aliphatic heterocycles. The normalized spacial score (nSPS) is 13.2. The number of halogens is 7. The summed E-state index contributed by atoms with van der Waals surface area (Å²) >= 11 is 1.82. The molecule has 124 valence electrons. The van der Waals surface area contributed by atoms with Crippen LogP contribution >= 0.6 is 22.6 Å². The monoisotopic (exact) mass is 444 g/mol. The van der Waals surface area contributed by atoms with Crippen LogP contribution in [0.15, 0.2) is 48.5 Å². The summed E-state index contributed by atoms with van der Waals surface area (Å²) in [5, 5.41) is 0. The Kier molecular flexibility index (Phi) is 4.71. The molecular weight excluding hydrogens is 433 g/mol. The first-order chi connectivity index (χ1) is 10.5. The van der Waals surface area contributed by atoms with Crippen LogP contribution in [0.4, 0.5) is 26.3 Å². The van der Waals surface area contributed by atoms with Gasteiger partial charge in [0.2, 0.25) is 5.41 Å². The maximum atomic E-state index is 13.7. The molecule has 0 saturated carbocycles. The van der Waals surface area contributed by atoms with Gasteiger partial charge in [0.15, 0.2) is 0 Å². The second-order valence-corrected chi connectivity index (χ2v) is 6.36. The third kappa shape index (κ3) is 3.07. The molecule has 2 aromatic carbocycles. The molecular formula is C16H11F6I. The van der Waals surface area contributed by atoms with E-state index in [4.69, 9.17) is 0 Å². The van der Waals surface area contributed by atoms with Crippen LogP contribution in [-0.4, -0.2) is 12.4 Å². The van der Waals surface area contributed by atoms with Crippen LogP contribution in [0.5, 0.6) is 0 Å². The summed E-state index contributed by atoms with van der Waals surface area (Å²) in [5.41, 5.74) is -5.17. The van der Waals surface area contributed by atoms with Crippen LogP contribution < -0.4 is 0 Å². The molecule has 0 heterocycles. The number of benzene rings is 2. The maximum Gasteiger partial charge on any atom is 0.411 e. The summed E-state index contributed by atoms with van der Waals surface area (Å²) < 4.78 is 82.9. The standard InChI is InChI=1S/C16H11F6I/c1-10-2-4-11(5-3-10)14(15(17,18)19,16(20,21)22)12-6-8-13(23)9-7-12/h2-9H,1H3. The fourth-order valence-corrected chi connectivity index (χ4v) is 2.85. The van der Waals surface area contributed by atoms with E-state index in [1.54, 1.807) is 6.92 Å². The molecule has 0 N–H and O–H groups in total. The Labute approximate surface area is 142 Å². The first-order valence-electron chi connectivity index (χ1n) is 6.47. The van der Waals surface area contributed by atoms with Gasteiger partial charge in [-0.3, -0.25) is 0 Å². The molecule has 7 heteroatoms.